The van der Waals surface area contributed by atoms with Gasteiger partial charge in [-0.25, -0.2) is 0 Å². The molecule has 1 aliphatic heterocycles. The van der Waals surface area contributed by atoms with Crippen LogP contribution in [0.4, 0.5) is 0 Å². The van der Waals surface area contributed by atoms with Gasteiger partial charge >= 0.3 is 0 Å². The first-order chi connectivity index (χ1) is 17.0. The second kappa shape index (κ2) is 9.91. The van der Waals surface area contributed by atoms with Gasteiger partial charge in [-0.2, -0.15) is 8.42 Å². The number of aryl methyl sites for hydroxylation is 1. The Morgan fingerprint density at radius 1 is 0.714 bits per heavy atom. The van der Waals surface area contributed by atoms with Crippen molar-refractivity contribution in [2.75, 3.05) is 6.61 Å². The van der Waals surface area contributed by atoms with Gasteiger partial charge in [0.05, 0.1) is 23.3 Å². The second-order valence-electron chi connectivity index (χ2n) is 8.88. The molecule has 0 radical (unpaired) electrons. The lowest BCUT2D eigenvalue weighted by Crippen LogP contribution is -2.71. The van der Waals surface area contributed by atoms with Crippen molar-refractivity contribution in [3.8, 4) is 0 Å². The van der Waals surface area contributed by atoms with E-state index in [1.54, 1.807) is 24.3 Å². The molecule has 1 saturated heterocycles. The minimum Gasteiger partial charge on any atom is -0.372 e. The van der Waals surface area contributed by atoms with Crippen LogP contribution in [0.3, 0.4) is 0 Å². The fourth-order valence-corrected chi connectivity index (χ4v) is 11.1. The molecule has 4 aromatic carbocycles. The molecule has 35 heavy (non-hydrogen) atoms. The van der Waals surface area contributed by atoms with Gasteiger partial charge in [-0.3, -0.25) is 4.18 Å². The van der Waals surface area contributed by atoms with Crippen molar-refractivity contribution in [3.63, 3.8) is 0 Å². The molecular weight excluding hydrogens is 472 g/mol. The number of benzene rings is 4. The summed E-state index contributed by atoms with van der Waals surface area (Å²) in [5, 5.41) is 3.83. The number of ether oxygens (including phenoxy) is 1. The molecule has 0 bridgehead atoms. The van der Waals surface area contributed by atoms with Crippen molar-refractivity contribution in [2.45, 2.75) is 30.1 Å². The first-order valence-electron chi connectivity index (χ1n) is 11.8. The SMILES string of the molecule is Cc1ccc(S(=O)(=O)OCC[C@H]2O[C@@H]2[Si](c2ccccc2)(c2ccccc2)c2ccccc2)cc1. The molecule has 0 aromatic heterocycles. The Morgan fingerprint density at radius 2 is 1.17 bits per heavy atom. The first-order valence-corrected chi connectivity index (χ1v) is 15.3. The molecule has 1 aliphatic rings. The zero-order chi connectivity index (χ0) is 24.3. The molecular formula is C29H28O4SSi. The molecule has 0 aliphatic carbocycles. The summed E-state index contributed by atoms with van der Waals surface area (Å²) in [4.78, 5) is 0.179. The van der Waals surface area contributed by atoms with Crippen molar-refractivity contribution in [2.24, 2.45) is 0 Å². The molecule has 1 heterocycles. The molecule has 0 amide bonds. The molecule has 1 fully saturated rings. The van der Waals surface area contributed by atoms with Crippen molar-refractivity contribution >= 4 is 33.8 Å². The van der Waals surface area contributed by atoms with Gasteiger partial charge in [-0.05, 0) is 34.6 Å². The van der Waals surface area contributed by atoms with E-state index in [-0.39, 0.29) is 23.3 Å². The number of hydrogen-bond acceptors (Lipinski definition) is 4. The van der Waals surface area contributed by atoms with Crippen LogP contribution >= 0.6 is 0 Å². The average Bonchev–Trinajstić information content (AvgIpc) is 3.66. The summed E-state index contributed by atoms with van der Waals surface area (Å²) in [6, 6.07) is 38.5. The summed E-state index contributed by atoms with van der Waals surface area (Å²) < 4.78 is 37.0. The Labute approximate surface area is 208 Å². The topological polar surface area (TPSA) is 55.9 Å². The highest BCUT2D eigenvalue weighted by Gasteiger charge is 2.59. The third-order valence-corrected chi connectivity index (χ3v) is 13.1. The average molecular weight is 501 g/mol. The fourth-order valence-electron chi connectivity index (χ4n) is 4.89. The van der Waals surface area contributed by atoms with E-state index in [4.69, 9.17) is 8.92 Å². The lowest BCUT2D eigenvalue weighted by Gasteiger charge is -2.32. The zero-order valence-electron chi connectivity index (χ0n) is 19.6. The summed E-state index contributed by atoms with van der Waals surface area (Å²) in [5.74, 6) is 0. The quantitative estimate of drug-likeness (QED) is 0.153. The van der Waals surface area contributed by atoms with E-state index in [1.165, 1.54) is 15.6 Å². The lowest BCUT2D eigenvalue weighted by atomic mass is 10.2. The van der Waals surface area contributed by atoms with Gasteiger partial charge in [-0.15, -0.1) is 0 Å². The van der Waals surface area contributed by atoms with Crippen LogP contribution in [0.1, 0.15) is 12.0 Å². The van der Waals surface area contributed by atoms with Gasteiger partial charge in [0.25, 0.3) is 10.1 Å². The van der Waals surface area contributed by atoms with Crippen LogP contribution < -0.4 is 15.6 Å². The molecule has 0 saturated carbocycles. The minimum absolute atomic E-state index is 0.0135. The summed E-state index contributed by atoms with van der Waals surface area (Å²) in [6.45, 7) is 2.00. The molecule has 0 N–H and O–H groups in total. The smallest absolute Gasteiger partial charge is 0.296 e. The normalized spacial score (nSPS) is 17.7. The van der Waals surface area contributed by atoms with Crippen molar-refractivity contribution in [1.29, 1.82) is 0 Å². The van der Waals surface area contributed by atoms with Crippen LogP contribution in [0.5, 0.6) is 0 Å². The first kappa shape index (κ1) is 23.7. The molecule has 178 valence electrons. The third kappa shape index (κ3) is 4.75. The lowest BCUT2D eigenvalue weighted by molar-refractivity contribution is 0.285. The molecule has 2 atom stereocenters. The predicted molar refractivity (Wildman–Crippen MR) is 142 cm³/mol. The maximum atomic E-state index is 12.6. The van der Waals surface area contributed by atoms with Crippen LogP contribution in [0.25, 0.3) is 0 Å². The van der Waals surface area contributed by atoms with E-state index >= 15 is 0 Å². The standard InChI is InChI=1S/C29H28O4SSi/c1-23-17-19-24(20-18-23)34(30,31)32-22-21-28-29(33-28)35(25-11-5-2-6-12-25,26-13-7-3-8-14-26)27-15-9-4-10-16-27/h2-20,28-29H,21-22H2,1H3/t28-,29-/m1/s1. The van der Waals surface area contributed by atoms with Crippen LogP contribution in [0.15, 0.2) is 120 Å². The van der Waals surface area contributed by atoms with Crippen molar-refractivity contribution in [1.82, 2.24) is 0 Å². The molecule has 6 heteroatoms. The van der Waals surface area contributed by atoms with E-state index < -0.39 is 18.2 Å². The summed E-state index contributed by atoms with van der Waals surface area (Å²) >= 11 is 0. The van der Waals surface area contributed by atoms with E-state index in [9.17, 15) is 8.42 Å². The molecule has 0 spiro atoms. The van der Waals surface area contributed by atoms with E-state index in [0.717, 1.165) is 5.56 Å². The molecule has 0 unspecified atom stereocenters. The van der Waals surface area contributed by atoms with Gasteiger partial charge in [0.15, 0.2) is 8.07 Å². The summed E-state index contributed by atoms with van der Waals surface area (Å²) in [6.07, 6.45) is 0.437. The highest BCUT2D eigenvalue weighted by atomic mass is 32.2. The highest BCUT2D eigenvalue weighted by molar-refractivity contribution is 7.86. The maximum Gasteiger partial charge on any atom is 0.296 e. The third-order valence-electron chi connectivity index (χ3n) is 6.65. The van der Waals surface area contributed by atoms with Gasteiger partial charge < -0.3 is 4.74 Å². The van der Waals surface area contributed by atoms with Crippen molar-refractivity contribution in [3.05, 3.63) is 121 Å². The highest BCUT2D eigenvalue weighted by Crippen LogP contribution is 2.34. The monoisotopic (exact) mass is 500 g/mol. The zero-order valence-corrected chi connectivity index (χ0v) is 21.4. The Hall–Kier alpha value is -3.03. The Balaban J connectivity index is 1.43. The van der Waals surface area contributed by atoms with E-state index in [2.05, 4.69) is 72.8 Å². The number of rotatable bonds is 9. The van der Waals surface area contributed by atoms with Crippen LogP contribution in [-0.2, 0) is 19.0 Å². The van der Waals surface area contributed by atoms with E-state index in [1.807, 2.05) is 25.1 Å². The molecule has 4 nitrogen and oxygen atoms in total. The van der Waals surface area contributed by atoms with Crippen LogP contribution in [0, 0.1) is 6.92 Å². The fraction of sp³-hybridized carbons (Fsp3) is 0.172. The predicted octanol–water partition coefficient (Wildman–Crippen LogP) is 3.57. The van der Waals surface area contributed by atoms with Gasteiger partial charge in [0.2, 0.25) is 0 Å². The van der Waals surface area contributed by atoms with Crippen molar-refractivity contribution < 1.29 is 17.3 Å². The number of epoxide rings is 1. The molecule has 5 rings (SSSR count). The maximum absolute atomic E-state index is 12.6. The van der Waals surface area contributed by atoms with Gasteiger partial charge in [0.1, 0.15) is 0 Å². The number of hydrogen-bond donors (Lipinski definition) is 0. The van der Waals surface area contributed by atoms with Crippen LogP contribution in [0.2, 0.25) is 0 Å². The molecule has 4 aromatic rings. The Kier molecular flexibility index (Phi) is 6.71. The van der Waals surface area contributed by atoms with Gasteiger partial charge in [-0.1, -0.05) is 109 Å². The Bertz CT molecular complexity index is 1260. The summed E-state index contributed by atoms with van der Waals surface area (Å²) in [5.41, 5.74) is 0.989. The van der Waals surface area contributed by atoms with E-state index in [0.29, 0.717) is 6.42 Å². The largest absolute Gasteiger partial charge is 0.372 e. The summed E-state index contributed by atoms with van der Waals surface area (Å²) in [7, 11) is -6.35. The van der Waals surface area contributed by atoms with Gasteiger partial charge in [0, 0.05) is 6.42 Å². The minimum atomic E-state index is -3.80. The second-order valence-corrected chi connectivity index (χ2v) is 14.4. The van der Waals surface area contributed by atoms with Crippen LogP contribution in [-0.4, -0.2) is 34.9 Å². The Morgan fingerprint density at radius 3 is 1.63 bits per heavy atom.